The van der Waals surface area contributed by atoms with Crippen LogP contribution < -0.4 is 10.6 Å². The van der Waals surface area contributed by atoms with Gasteiger partial charge in [-0.25, -0.2) is 0 Å². The molecule has 2 N–H and O–H groups in total. The summed E-state index contributed by atoms with van der Waals surface area (Å²) in [5, 5.41) is 6.09. The first kappa shape index (κ1) is 10.9. The number of likely N-dealkylation sites (tertiary alicyclic amines) is 1. The van der Waals surface area contributed by atoms with Crippen molar-refractivity contribution in [2.24, 2.45) is 0 Å². The summed E-state index contributed by atoms with van der Waals surface area (Å²) in [6.45, 7) is 3.23. The summed E-state index contributed by atoms with van der Waals surface area (Å²) in [6, 6.07) is 1.49. The lowest BCUT2D eigenvalue weighted by molar-refractivity contribution is -0.120. The van der Waals surface area contributed by atoms with E-state index in [0.717, 1.165) is 12.6 Å². The van der Waals surface area contributed by atoms with Crippen molar-refractivity contribution in [3.05, 3.63) is 0 Å². The highest BCUT2D eigenvalue weighted by Crippen LogP contribution is 2.29. The second kappa shape index (κ2) is 4.94. The molecule has 1 heterocycles. The van der Waals surface area contributed by atoms with E-state index >= 15 is 0 Å². The van der Waals surface area contributed by atoms with Crippen LogP contribution in [0.5, 0.6) is 0 Å². The van der Waals surface area contributed by atoms with Crippen molar-refractivity contribution in [3.8, 4) is 0 Å². The molecule has 86 valence electrons. The van der Waals surface area contributed by atoms with E-state index in [0.29, 0.717) is 12.5 Å². The molecule has 0 radical (unpaired) electrons. The number of hydrogen-bond acceptors (Lipinski definition) is 3. The van der Waals surface area contributed by atoms with Gasteiger partial charge in [-0.05, 0) is 19.3 Å². The second-order valence-corrected chi connectivity index (χ2v) is 4.59. The van der Waals surface area contributed by atoms with Gasteiger partial charge in [-0.1, -0.05) is 0 Å². The topological polar surface area (TPSA) is 44.4 Å². The number of carbonyl (C=O) groups excluding carboxylic acids is 1. The fourth-order valence-corrected chi connectivity index (χ4v) is 2.24. The van der Waals surface area contributed by atoms with Gasteiger partial charge >= 0.3 is 0 Å². The van der Waals surface area contributed by atoms with Crippen molar-refractivity contribution in [2.75, 3.05) is 26.7 Å². The van der Waals surface area contributed by atoms with E-state index in [2.05, 4.69) is 15.5 Å². The minimum Gasteiger partial charge on any atom is -0.359 e. The summed E-state index contributed by atoms with van der Waals surface area (Å²) >= 11 is 0. The molecule has 1 aliphatic heterocycles. The Labute approximate surface area is 91.4 Å². The van der Waals surface area contributed by atoms with E-state index in [-0.39, 0.29) is 5.91 Å². The van der Waals surface area contributed by atoms with Crippen LogP contribution in [0.1, 0.15) is 25.7 Å². The fraction of sp³-hybridized carbons (Fsp3) is 0.909. The number of carbonyl (C=O) groups is 1. The molecule has 1 atom stereocenters. The molecule has 0 aromatic carbocycles. The molecule has 1 saturated carbocycles. The van der Waals surface area contributed by atoms with Crippen molar-refractivity contribution in [3.63, 3.8) is 0 Å². The van der Waals surface area contributed by atoms with Gasteiger partial charge in [0.1, 0.15) is 0 Å². The first-order chi connectivity index (χ1) is 7.29. The van der Waals surface area contributed by atoms with Crippen molar-refractivity contribution >= 4 is 5.91 Å². The lowest BCUT2D eigenvalue weighted by atomic mass is 10.2. The van der Waals surface area contributed by atoms with Crippen molar-refractivity contribution in [1.29, 1.82) is 0 Å². The van der Waals surface area contributed by atoms with Gasteiger partial charge < -0.3 is 10.6 Å². The maximum absolute atomic E-state index is 11.0. The maximum atomic E-state index is 11.0. The summed E-state index contributed by atoms with van der Waals surface area (Å²) in [7, 11) is 1.69. The zero-order valence-electron chi connectivity index (χ0n) is 9.46. The Hall–Kier alpha value is -0.610. The van der Waals surface area contributed by atoms with Gasteiger partial charge in [0.2, 0.25) is 5.91 Å². The van der Waals surface area contributed by atoms with E-state index < -0.39 is 0 Å². The molecule has 2 fully saturated rings. The molecule has 1 unspecified atom stereocenters. The van der Waals surface area contributed by atoms with Gasteiger partial charge in [-0.3, -0.25) is 9.69 Å². The van der Waals surface area contributed by atoms with Gasteiger partial charge in [0.25, 0.3) is 0 Å². The molecular formula is C11H21N3O. The lowest BCUT2D eigenvalue weighted by Gasteiger charge is -2.15. The van der Waals surface area contributed by atoms with Crippen LogP contribution in [-0.4, -0.2) is 49.6 Å². The Morgan fingerprint density at radius 1 is 1.40 bits per heavy atom. The molecule has 1 saturated heterocycles. The Kier molecular flexibility index (Phi) is 3.59. The molecule has 0 spiro atoms. The van der Waals surface area contributed by atoms with Crippen LogP contribution >= 0.6 is 0 Å². The number of amides is 1. The number of nitrogens with one attached hydrogen (secondary N) is 2. The number of rotatable bonds is 5. The van der Waals surface area contributed by atoms with Crippen molar-refractivity contribution < 1.29 is 4.79 Å². The highest BCUT2D eigenvalue weighted by Gasteiger charge is 2.33. The average Bonchev–Trinajstić information content (AvgIpc) is 2.99. The van der Waals surface area contributed by atoms with Gasteiger partial charge in [0, 0.05) is 45.2 Å². The summed E-state index contributed by atoms with van der Waals surface area (Å²) in [4.78, 5) is 13.6. The van der Waals surface area contributed by atoms with Crippen LogP contribution in [0.2, 0.25) is 0 Å². The highest BCUT2D eigenvalue weighted by molar-refractivity contribution is 5.75. The van der Waals surface area contributed by atoms with Gasteiger partial charge in [0.05, 0.1) is 0 Å². The van der Waals surface area contributed by atoms with Crippen LogP contribution in [0.4, 0.5) is 0 Å². The quantitative estimate of drug-likeness (QED) is 0.670. The third-order valence-electron chi connectivity index (χ3n) is 3.35. The van der Waals surface area contributed by atoms with Crippen LogP contribution in [0.25, 0.3) is 0 Å². The van der Waals surface area contributed by atoms with E-state index in [1.54, 1.807) is 7.05 Å². The van der Waals surface area contributed by atoms with Crippen molar-refractivity contribution in [2.45, 2.75) is 37.8 Å². The maximum Gasteiger partial charge on any atom is 0.221 e. The smallest absolute Gasteiger partial charge is 0.221 e. The third-order valence-corrected chi connectivity index (χ3v) is 3.35. The Morgan fingerprint density at radius 3 is 2.87 bits per heavy atom. The molecule has 15 heavy (non-hydrogen) atoms. The molecule has 2 aliphatic rings. The fourth-order valence-electron chi connectivity index (χ4n) is 2.24. The largest absolute Gasteiger partial charge is 0.359 e. The highest BCUT2D eigenvalue weighted by atomic mass is 16.1. The molecule has 1 amide bonds. The first-order valence-electron chi connectivity index (χ1n) is 5.97. The SMILES string of the molecule is CNC(=O)CCNC1CCN(C2CC2)C1. The zero-order valence-corrected chi connectivity index (χ0v) is 9.46. The summed E-state index contributed by atoms with van der Waals surface area (Å²) in [5.74, 6) is 0.125. The molecule has 1 aliphatic carbocycles. The van der Waals surface area contributed by atoms with Gasteiger partial charge in [0.15, 0.2) is 0 Å². The van der Waals surface area contributed by atoms with E-state index in [1.807, 2.05) is 0 Å². The second-order valence-electron chi connectivity index (χ2n) is 4.59. The molecule has 4 nitrogen and oxygen atoms in total. The summed E-state index contributed by atoms with van der Waals surface area (Å²) < 4.78 is 0. The molecule has 2 rings (SSSR count). The van der Waals surface area contributed by atoms with E-state index in [4.69, 9.17) is 0 Å². The van der Waals surface area contributed by atoms with Crippen LogP contribution in [0, 0.1) is 0 Å². The predicted octanol–water partition coefficient (Wildman–Crippen LogP) is -0.0512. The van der Waals surface area contributed by atoms with Crippen LogP contribution in [0.3, 0.4) is 0 Å². The van der Waals surface area contributed by atoms with E-state index in [1.165, 1.54) is 32.4 Å². The minimum atomic E-state index is 0.125. The monoisotopic (exact) mass is 211 g/mol. The average molecular weight is 211 g/mol. The number of hydrogen-bond donors (Lipinski definition) is 2. The third kappa shape index (κ3) is 3.18. The summed E-state index contributed by atoms with van der Waals surface area (Å²) in [6.07, 6.45) is 4.62. The number of nitrogens with zero attached hydrogens (tertiary/aromatic N) is 1. The molecule has 4 heteroatoms. The Balaban J connectivity index is 1.58. The predicted molar refractivity (Wildman–Crippen MR) is 59.7 cm³/mol. The van der Waals surface area contributed by atoms with Crippen molar-refractivity contribution in [1.82, 2.24) is 15.5 Å². The van der Waals surface area contributed by atoms with Crippen LogP contribution in [-0.2, 0) is 4.79 Å². The molecular weight excluding hydrogens is 190 g/mol. The van der Waals surface area contributed by atoms with Gasteiger partial charge in [-0.2, -0.15) is 0 Å². The lowest BCUT2D eigenvalue weighted by Crippen LogP contribution is -2.35. The summed E-state index contributed by atoms with van der Waals surface area (Å²) in [5.41, 5.74) is 0. The molecule has 0 bridgehead atoms. The van der Waals surface area contributed by atoms with E-state index in [9.17, 15) is 4.79 Å². The standard InChI is InChI=1S/C11H21N3O/c1-12-11(15)4-6-13-9-5-7-14(8-9)10-2-3-10/h9-10,13H,2-8H2,1H3,(H,12,15). The molecule has 0 aromatic rings. The first-order valence-corrected chi connectivity index (χ1v) is 5.97. The van der Waals surface area contributed by atoms with Gasteiger partial charge in [-0.15, -0.1) is 0 Å². The Morgan fingerprint density at radius 2 is 2.20 bits per heavy atom. The normalized spacial score (nSPS) is 26.9. The van der Waals surface area contributed by atoms with Crippen LogP contribution in [0.15, 0.2) is 0 Å². The minimum absolute atomic E-state index is 0.125. The zero-order chi connectivity index (χ0) is 10.7. The Bertz CT molecular complexity index is 228. The molecule has 0 aromatic heterocycles.